The van der Waals surface area contributed by atoms with Crippen LogP contribution in [0.1, 0.15) is 148 Å². The number of rotatable bonds is 10. The van der Waals surface area contributed by atoms with Crippen molar-refractivity contribution in [1.29, 1.82) is 0 Å². The number of hydrogen-bond donors (Lipinski definition) is 1. The Morgan fingerprint density at radius 2 is 1.07 bits per heavy atom. The third-order valence-electron chi connectivity index (χ3n) is 14.2. The van der Waals surface area contributed by atoms with Crippen molar-refractivity contribution in [2.75, 3.05) is 14.2 Å². The summed E-state index contributed by atoms with van der Waals surface area (Å²) in [6.45, 7) is 4.95. The van der Waals surface area contributed by atoms with Gasteiger partial charge >= 0.3 is 23.9 Å². The molecule has 9 rings (SSSR count). The van der Waals surface area contributed by atoms with E-state index in [0.29, 0.717) is 24.8 Å². The Morgan fingerprint density at radius 3 is 1.33 bits per heavy atom. The van der Waals surface area contributed by atoms with Crippen LogP contribution in [0.2, 0.25) is 0 Å². The second-order valence-electron chi connectivity index (χ2n) is 17.9. The first-order valence-corrected chi connectivity index (χ1v) is 21.6. The Kier molecular flexibility index (Phi) is 16.5. The maximum Gasteiger partial charge on any atom is 0.332 e. The highest BCUT2D eigenvalue weighted by molar-refractivity contribution is 5.86. The van der Waals surface area contributed by atoms with Crippen LogP contribution in [0.25, 0.3) is 0 Å². The summed E-state index contributed by atoms with van der Waals surface area (Å²) in [5, 5.41) is 7.00. The van der Waals surface area contributed by atoms with Gasteiger partial charge in [0.25, 0.3) is 0 Å². The van der Waals surface area contributed by atoms with Gasteiger partial charge in [0.1, 0.15) is 18.3 Å². The summed E-state index contributed by atoms with van der Waals surface area (Å²) in [7, 11) is 2.33. The van der Waals surface area contributed by atoms with E-state index in [1.165, 1.54) is 90.6 Å². The van der Waals surface area contributed by atoms with Gasteiger partial charge in [-0.2, -0.15) is 0 Å². The van der Waals surface area contributed by atoms with Crippen molar-refractivity contribution in [3.8, 4) is 0 Å². The lowest BCUT2D eigenvalue weighted by Gasteiger charge is -2.22. The summed E-state index contributed by atoms with van der Waals surface area (Å²) in [5.41, 5.74) is 0.433. The van der Waals surface area contributed by atoms with Crippen molar-refractivity contribution in [1.82, 2.24) is 0 Å². The normalized spacial score (nSPS) is 37.1. The number of aliphatic hydroxyl groups excluding tert-OH is 1. The molecule has 12 unspecified atom stereocenters. The van der Waals surface area contributed by atoms with E-state index in [9.17, 15) is 19.2 Å². The van der Waals surface area contributed by atoms with Crippen LogP contribution in [0.5, 0.6) is 0 Å². The predicted octanol–water partition coefficient (Wildman–Crippen LogP) is 8.85. The van der Waals surface area contributed by atoms with Gasteiger partial charge in [-0.1, -0.05) is 31.6 Å². The van der Waals surface area contributed by atoms with E-state index in [1.807, 2.05) is 0 Å². The van der Waals surface area contributed by atoms with Crippen molar-refractivity contribution in [2.45, 2.75) is 166 Å². The zero-order valence-corrected chi connectivity index (χ0v) is 33.6. The van der Waals surface area contributed by atoms with E-state index in [0.717, 1.165) is 98.9 Å². The van der Waals surface area contributed by atoms with E-state index in [1.54, 1.807) is 6.92 Å². The molecule has 8 fully saturated rings. The molecule has 0 spiro atoms. The van der Waals surface area contributed by atoms with Gasteiger partial charge in [0.05, 0.1) is 7.11 Å². The molecular weight excluding hydrogens is 684 g/mol. The van der Waals surface area contributed by atoms with Gasteiger partial charge in [-0.15, -0.1) is 0 Å². The number of ether oxygens (including phenoxy) is 4. The molecule has 304 valence electrons. The summed E-state index contributed by atoms with van der Waals surface area (Å²) in [6.07, 6.45) is 32.2. The van der Waals surface area contributed by atoms with Crippen molar-refractivity contribution >= 4 is 23.9 Å². The number of carbonyl (C=O) groups is 4. The van der Waals surface area contributed by atoms with Crippen LogP contribution >= 0.6 is 0 Å². The van der Waals surface area contributed by atoms with Crippen LogP contribution in [0.3, 0.4) is 0 Å². The molecule has 0 aromatic heterocycles. The second kappa shape index (κ2) is 21.0. The van der Waals surface area contributed by atoms with Gasteiger partial charge in [-0.25, -0.2) is 4.79 Å². The van der Waals surface area contributed by atoms with Crippen molar-refractivity contribution in [3.05, 3.63) is 24.3 Å². The Morgan fingerprint density at radius 1 is 0.630 bits per heavy atom. The molecule has 12 atom stereocenters. The molecule has 0 radical (unpaired) electrons. The lowest BCUT2D eigenvalue weighted by Crippen LogP contribution is -2.14. The lowest BCUT2D eigenvalue weighted by atomic mass is 9.85. The molecule has 0 aromatic rings. The second-order valence-corrected chi connectivity index (χ2v) is 17.9. The van der Waals surface area contributed by atoms with Gasteiger partial charge in [0.2, 0.25) is 0 Å². The summed E-state index contributed by atoms with van der Waals surface area (Å²) in [6, 6.07) is 0. The minimum absolute atomic E-state index is 0.00726. The average Bonchev–Trinajstić information content (AvgIpc) is 4.02. The van der Waals surface area contributed by atoms with Crippen LogP contribution in [-0.2, 0) is 38.1 Å². The number of cyclic esters (lactones) is 3. The van der Waals surface area contributed by atoms with E-state index < -0.39 is 0 Å². The van der Waals surface area contributed by atoms with Crippen LogP contribution in [0.15, 0.2) is 24.3 Å². The predicted molar refractivity (Wildman–Crippen MR) is 207 cm³/mol. The highest BCUT2D eigenvalue weighted by Gasteiger charge is 2.41. The zero-order valence-electron chi connectivity index (χ0n) is 33.6. The van der Waals surface area contributed by atoms with E-state index >= 15 is 0 Å². The molecule has 6 bridgehead atoms. The molecule has 6 aliphatic carbocycles. The number of aliphatic hydroxyl groups is 1. The largest absolute Gasteiger partial charge is 0.466 e. The third kappa shape index (κ3) is 12.4. The highest BCUT2D eigenvalue weighted by atomic mass is 16.6. The van der Waals surface area contributed by atoms with Crippen LogP contribution in [-0.4, -0.2) is 61.5 Å². The minimum Gasteiger partial charge on any atom is -0.466 e. The molecule has 54 heavy (non-hydrogen) atoms. The van der Waals surface area contributed by atoms with Gasteiger partial charge in [-0.05, 0) is 169 Å². The summed E-state index contributed by atoms with van der Waals surface area (Å²) >= 11 is 0. The molecule has 9 aliphatic rings. The molecule has 9 heteroatoms. The van der Waals surface area contributed by atoms with E-state index in [-0.39, 0.29) is 42.2 Å². The highest BCUT2D eigenvalue weighted by Crippen LogP contribution is 2.51. The topological polar surface area (TPSA) is 125 Å². The maximum atomic E-state index is 11.0. The first kappa shape index (κ1) is 42.5. The van der Waals surface area contributed by atoms with Crippen LogP contribution in [0.4, 0.5) is 0 Å². The molecule has 1 N–H and O–H groups in total. The van der Waals surface area contributed by atoms with Crippen molar-refractivity contribution in [3.63, 3.8) is 0 Å². The molecular formula is C45H70O9. The van der Waals surface area contributed by atoms with Gasteiger partial charge in [0.15, 0.2) is 0 Å². The zero-order chi connectivity index (χ0) is 38.6. The molecule has 3 saturated heterocycles. The first-order valence-electron chi connectivity index (χ1n) is 21.6. The monoisotopic (exact) mass is 755 g/mol. The first-order chi connectivity index (χ1) is 26.1. The molecule has 5 saturated carbocycles. The third-order valence-corrected chi connectivity index (χ3v) is 14.2. The Bertz CT molecular complexity index is 1240. The number of hydrogen-bond acceptors (Lipinski definition) is 9. The lowest BCUT2D eigenvalue weighted by molar-refractivity contribution is -0.142. The van der Waals surface area contributed by atoms with Gasteiger partial charge < -0.3 is 24.1 Å². The molecule has 9 nitrogen and oxygen atoms in total. The molecule has 3 aliphatic heterocycles. The fourth-order valence-electron chi connectivity index (χ4n) is 11.4. The molecule has 0 aromatic carbocycles. The van der Waals surface area contributed by atoms with E-state index in [2.05, 4.69) is 23.5 Å². The SMILES string of the molecule is C=C(C)C(=O)OC.CO.O=C1CCC(CCC2CC3C=CC2C3)O1.O=C1CCC(CCC2CC3CCC2C3)O1.O=C1CCC(CCC2CC3CCC2C3)O1. The smallest absolute Gasteiger partial charge is 0.332 e. The number of fused-ring (bicyclic) bond motifs is 6. The van der Waals surface area contributed by atoms with Gasteiger partial charge in [-0.3, -0.25) is 14.4 Å². The van der Waals surface area contributed by atoms with E-state index in [4.69, 9.17) is 19.3 Å². The van der Waals surface area contributed by atoms with Gasteiger partial charge in [0, 0.05) is 31.9 Å². The number of carbonyl (C=O) groups excluding carboxylic acids is 4. The molecule has 3 heterocycles. The summed E-state index contributed by atoms with van der Waals surface area (Å²) in [4.78, 5) is 43.0. The standard InChI is InChI=1S/2C13H20O2.C13H18O2.C5H8O2.CH4O/c3*14-13-6-5-12(15-13)4-3-11-8-9-1-2-10(11)7-9;1-4(2)5(6)7-3;1-2/h2*9-12H,1-8H2;1-2,9-12H,3-8H2;1H2,2-3H3;2H,1H3. The van der Waals surface area contributed by atoms with Crippen LogP contribution in [0, 0.1) is 53.3 Å². The Balaban J connectivity index is 0.000000141. The molecule has 0 amide bonds. The van der Waals surface area contributed by atoms with Crippen molar-refractivity contribution in [2.24, 2.45) is 53.3 Å². The Labute approximate surface area is 324 Å². The quantitative estimate of drug-likeness (QED) is 0.101. The fraction of sp³-hybridized carbons (Fsp3) is 0.822. The minimum atomic E-state index is -0.347. The number of methoxy groups -OCH3 is 1. The fourth-order valence-corrected chi connectivity index (χ4v) is 11.4. The number of allylic oxidation sites excluding steroid dienone is 2. The summed E-state index contributed by atoms with van der Waals surface area (Å²) in [5.74, 6) is 8.34. The van der Waals surface area contributed by atoms with Crippen molar-refractivity contribution < 1.29 is 43.2 Å². The summed E-state index contributed by atoms with van der Waals surface area (Å²) < 4.78 is 20.0. The average molecular weight is 755 g/mol. The van der Waals surface area contributed by atoms with Crippen LogP contribution < -0.4 is 0 Å². The maximum absolute atomic E-state index is 11.0. The number of esters is 4. The Hall–Kier alpha value is -2.68.